The van der Waals surface area contributed by atoms with Gasteiger partial charge in [-0.25, -0.2) is 4.68 Å². The Morgan fingerprint density at radius 3 is 2.72 bits per heavy atom. The maximum atomic E-state index is 12.0. The summed E-state index contributed by atoms with van der Waals surface area (Å²) in [5.74, 6) is -0.0533. The first-order chi connectivity index (χ1) is 8.33. The third-order valence-corrected chi connectivity index (χ3v) is 2.39. The van der Waals surface area contributed by atoms with E-state index in [1.54, 1.807) is 10.9 Å². The van der Waals surface area contributed by atoms with Crippen molar-refractivity contribution >= 4 is 5.91 Å². The standard InChI is InChI=1S/C12H23N5O/c1-6-13-7-10-8-17(16-15-10)9(2)11(18)14-12(3,4)5/h8-9,13H,6-7H2,1-5H3,(H,14,18). The van der Waals surface area contributed by atoms with Crippen LogP contribution in [0.15, 0.2) is 6.20 Å². The van der Waals surface area contributed by atoms with Gasteiger partial charge in [-0.1, -0.05) is 12.1 Å². The average Bonchev–Trinajstić information content (AvgIpc) is 2.71. The molecule has 1 amide bonds. The Balaban J connectivity index is 2.63. The Kier molecular flexibility index (Phi) is 4.84. The lowest BCUT2D eigenvalue weighted by Gasteiger charge is -2.23. The van der Waals surface area contributed by atoms with Gasteiger partial charge in [-0.2, -0.15) is 0 Å². The van der Waals surface area contributed by atoms with E-state index < -0.39 is 0 Å². The van der Waals surface area contributed by atoms with E-state index in [-0.39, 0.29) is 17.5 Å². The molecule has 0 aromatic carbocycles. The number of amides is 1. The van der Waals surface area contributed by atoms with E-state index in [2.05, 4.69) is 20.9 Å². The van der Waals surface area contributed by atoms with Crippen LogP contribution in [0.2, 0.25) is 0 Å². The molecule has 1 heterocycles. The average molecular weight is 253 g/mol. The highest BCUT2D eigenvalue weighted by Crippen LogP contribution is 2.08. The molecule has 0 saturated heterocycles. The van der Waals surface area contributed by atoms with Gasteiger partial charge in [0.1, 0.15) is 6.04 Å². The smallest absolute Gasteiger partial charge is 0.245 e. The van der Waals surface area contributed by atoms with Crippen LogP contribution in [0.3, 0.4) is 0 Å². The first kappa shape index (κ1) is 14.6. The van der Waals surface area contributed by atoms with Gasteiger partial charge in [0.25, 0.3) is 0 Å². The van der Waals surface area contributed by atoms with Crippen molar-refractivity contribution in [2.75, 3.05) is 6.54 Å². The predicted molar refractivity (Wildman–Crippen MR) is 70.0 cm³/mol. The normalized spacial score (nSPS) is 13.4. The molecule has 0 radical (unpaired) electrons. The molecule has 1 rings (SSSR count). The Morgan fingerprint density at radius 2 is 2.17 bits per heavy atom. The minimum atomic E-state index is -0.355. The number of aromatic nitrogens is 3. The van der Waals surface area contributed by atoms with Crippen LogP contribution in [-0.4, -0.2) is 33.0 Å². The van der Waals surface area contributed by atoms with Crippen molar-refractivity contribution in [3.63, 3.8) is 0 Å². The van der Waals surface area contributed by atoms with Gasteiger partial charge in [-0.05, 0) is 34.2 Å². The number of rotatable bonds is 5. The van der Waals surface area contributed by atoms with Crippen LogP contribution < -0.4 is 10.6 Å². The molecular formula is C12H23N5O. The van der Waals surface area contributed by atoms with E-state index in [1.165, 1.54) is 0 Å². The minimum absolute atomic E-state index is 0.0533. The lowest BCUT2D eigenvalue weighted by molar-refractivity contribution is -0.125. The molecule has 1 aromatic rings. The second-order valence-electron chi connectivity index (χ2n) is 5.39. The number of nitrogens with one attached hydrogen (secondary N) is 2. The van der Waals surface area contributed by atoms with Crippen molar-refractivity contribution in [2.24, 2.45) is 0 Å². The van der Waals surface area contributed by atoms with Crippen LogP contribution in [-0.2, 0) is 11.3 Å². The SMILES string of the molecule is CCNCc1cn(C(C)C(=O)NC(C)(C)C)nn1. The molecule has 6 heteroatoms. The number of carbonyl (C=O) groups is 1. The second-order valence-corrected chi connectivity index (χ2v) is 5.39. The number of hydrogen-bond acceptors (Lipinski definition) is 4. The zero-order valence-corrected chi connectivity index (χ0v) is 11.8. The zero-order valence-electron chi connectivity index (χ0n) is 11.8. The molecule has 18 heavy (non-hydrogen) atoms. The maximum absolute atomic E-state index is 12.0. The highest BCUT2D eigenvalue weighted by atomic mass is 16.2. The fraction of sp³-hybridized carbons (Fsp3) is 0.750. The summed E-state index contributed by atoms with van der Waals surface area (Å²) in [5, 5.41) is 14.1. The third-order valence-electron chi connectivity index (χ3n) is 2.39. The van der Waals surface area contributed by atoms with Crippen LogP contribution in [0.25, 0.3) is 0 Å². The van der Waals surface area contributed by atoms with E-state index in [9.17, 15) is 4.79 Å². The van der Waals surface area contributed by atoms with E-state index >= 15 is 0 Å². The topological polar surface area (TPSA) is 71.8 Å². The van der Waals surface area contributed by atoms with Crippen molar-refractivity contribution < 1.29 is 4.79 Å². The number of carbonyl (C=O) groups excluding carboxylic acids is 1. The monoisotopic (exact) mass is 253 g/mol. The summed E-state index contributed by atoms with van der Waals surface area (Å²) in [6.07, 6.45) is 1.80. The summed E-state index contributed by atoms with van der Waals surface area (Å²) in [6.45, 7) is 11.3. The fourth-order valence-corrected chi connectivity index (χ4v) is 1.43. The van der Waals surface area contributed by atoms with Gasteiger partial charge in [-0.15, -0.1) is 5.10 Å². The summed E-state index contributed by atoms with van der Waals surface area (Å²) in [5.41, 5.74) is 0.602. The van der Waals surface area contributed by atoms with Gasteiger partial charge < -0.3 is 10.6 Å². The molecule has 0 aliphatic rings. The molecule has 1 aromatic heterocycles. The van der Waals surface area contributed by atoms with Crippen LogP contribution >= 0.6 is 0 Å². The van der Waals surface area contributed by atoms with Gasteiger partial charge in [-0.3, -0.25) is 4.79 Å². The summed E-state index contributed by atoms with van der Waals surface area (Å²) in [4.78, 5) is 12.0. The van der Waals surface area contributed by atoms with E-state index in [0.717, 1.165) is 12.2 Å². The Morgan fingerprint density at radius 1 is 1.50 bits per heavy atom. The molecule has 0 bridgehead atoms. The maximum Gasteiger partial charge on any atom is 0.245 e. The lowest BCUT2D eigenvalue weighted by Crippen LogP contribution is -2.43. The van der Waals surface area contributed by atoms with Gasteiger partial charge in [0.2, 0.25) is 5.91 Å². The van der Waals surface area contributed by atoms with Gasteiger partial charge in [0.05, 0.1) is 11.9 Å². The fourth-order valence-electron chi connectivity index (χ4n) is 1.43. The third kappa shape index (κ3) is 4.44. The summed E-state index contributed by atoms with van der Waals surface area (Å²) < 4.78 is 1.59. The van der Waals surface area contributed by atoms with Crippen molar-refractivity contribution in [3.05, 3.63) is 11.9 Å². The summed E-state index contributed by atoms with van der Waals surface area (Å²) >= 11 is 0. The Hall–Kier alpha value is -1.43. The number of hydrogen-bond donors (Lipinski definition) is 2. The zero-order chi connectivity index (χ0) is 13.8. The van der Waals surface area contributed by atoms with Gasteiger partial charge in [0.15, 0.2) is 0 Å². The van der Waals surface area contributed by atoms with E-state index in [0.29, 0.717) is 6.54 Å². The van der Waals surface area contributed by atoms with Crippen molar-refractivity contribution in [1.29, 1.82) is 0 Å². The molecule has 6 nitrogen and oxygen atoms in total. The van der Waals surface area contributed by atoms with Gasteiger partial charge in [0, 0.05) is 12.1 Å². The molecule has 0 saturated carbocycles. The first-order valence-electron chi connectivity index (χ1n) is 6.27. The Labute approximate surface area is 108 Å². The molecule has 0 aliphatic heterocycles. The van der Waals surface area contributed by atoms with Crippen LogP contribution in [0, 0.1) is 0 Å². The highest BCUT2D eigenvalue weighted by Gasteiger charge is 2.21. The van der Waals surface area contributed by atoms with Crippen LogP contribution in [0.5, 0.6) is 0 Å². The molecule has 1 atom stereocenters. The first-order valence-corrected chi connectivity index (χ1v) is 6.27. The van der Waals surface area contributed by atoms with Gasteiger partial charge >= 0.3 is 0 Å². The molecule has 0 fully saturated rings. The molecular weight excluding hydrogens is 230 g/mol. The van der Waals surface area contributed by atoms with Crippen molar-refractivity contribution in [1.82, 2.24) is 25.6 Å². The van der Waals surface area contributed by atoms with Crippen molar-refractivity contribution in [3.8, 4) is 0 Å². The second kappa shape index (κ2) is 5.95. The molecule has 1 unspecified atom stereocenters. The van der Waals surface area contributed by atoms with E-state index in [1.807, 2.05) is 34.6 Å². The molecule has 2 N–H and O–H groups in total. The largest absolute Gasteiger partial charge is 0.350 e. The highest BCUT2D eigenvalue weighted by molar-refractivity contribution is 5.80. The number of nitrogens with zero attached hydrogens (tertiary/aromatic N) is 3. The summed E-state index contributed by atoms with van der Waals surface area (Å²) in [7, 11) is 0. The lowest BCUT2D eigenvalue weighted by atomic mass is 10.1. The molecule has 102 valence electrons. The quantitative estimate of drug-likeness (QED) is 0.816. The van der Waals surface area contributed by atoms with Crippen LogP contribution in [0.1, 0.15) is 46.4 Å². The van der Waals surface area contributed by atoms with E-state index in [4.69, 9.17) is 0 Å². The summed E-state index contributed by atoms with van der Waals surface area (Å²) in [6, 6.07) is -0.355. The molecule has 0 aliphatic carbocycles. The Bertz CT molecular complexity index is 393. The van der Waals surface area contributed by atoms with Crippen LogP contribution in [0.4, 0.5) is 0 Å². The molecule has 0 spiro atoms. The minimum Gasteiger partial charge on any atom is -0.350 e. The predicted octanol–water partition coefficient (Wildman–Crippen LogP) is 0.863. The van der Waals surface area contributed by atoms with Crippen molar-refractivity contribution in [2.45, 2.75) is 52.7 Å².